The summed E-state index contributed by atoms with van der Waals surface area (Å²) in [6.45, 7) is 5.53. The van der Waals surface area contributed by atoms with Crippen LogP contribution in [0.1, 0.15) is 20.8 Å². The van der Waals surface area contributed by atoms with Crippen LogP contribution in [0.4, 0.5) is 11.4 Å². The molecule has 0 radical (unpaired) electrons. The van der Waals surface area contributed by atoms with Crippen LogP contribution in [-0.4, -0.2) is 25.1 Å². The van der Waals surface area contributed by atoms with E-state index in [0.717, 1.165) is 11.4 Å². The van der Waals surface area contributed by atoms with Crippen molar-refractivity contribution in [2.45, 2.75) is 20.8 Å². The van der Waals surface area contributed by atoms with E-state index in [2.05, 4.69) is 10.6 Å². The molecule has 0 bridgehead atoms. The minimum Gasteiger partial charge on any atom is -0.378 e. The third kappa shape index (κ3) is 4.87. The summed E-state index contributed by atoms with van der Waals surface area (Å²) < 4.78 is 0. The summed E-state index contributed by atoms with van der Waals surface area (Å²) >= 11 is 5.11. The summed E-state index contributed by atoms with van der Waals surface area (Å²) in [7, 11) is 3.97. The number of hydrogen-bond acceptors (Lipinski definition) is 3. The molecule has 0 atom stereocenters. The topological polar surface area (TPSA) is 44.4 Å². The largest absolute Gasteiger partial charge is 0.378 e. The minimum absolute atomic E-state index is 0.102. The molecule has 0 aliphatic carbocycles. The predicted molar refractivity (Wildman–Crippen MR) is 84.6 cm³/mol. The Hall–Kier alpha value is -1.62. The second-order valence-corrected chi connectivity index (χ2v) is 6.01. The Morgan fingerprint density at radius 3 is 2.11 bits per heavy atom. The van der Waals surface area contributed by atoms with Crippen LogP contribution in [0, 0.1) is 5.41 Å². The van der Waals surface area contributed by atoms with Crippen LogP contribution in [0.5, 0.6) is 0 Å². The summed E-state index contributed by atoms with van der Waals surface area (Å²) in [5, 5.41) is 5.99. The van der Waals surface area contributed by atoms with Crippen molar-refractivity contribution >= 4 is 34.6 Å². The molecule has 19 heavy (non-hydrogen) atoms. The van der Waals surface area contributed by atoms with Gasteiger partial charge in [-0.2, -0.15) is 0 Å². The maximum atomic E-state index is 11.8. The maximum absolute atomic E-state index is 11.8. The van der Waals surface area contributed by atoms with Crippen LogP contribution in [0.25, 0.3) is 0 Å². The van der Waals surface area contributed by atoms with E-state index in [9.17, 15) is 4.79 Å². The van der Waals surface area contributed by atoms with Gasteiger partial charge in [0.05, 0.1) is 0 Å². The van der Waals surface area contributed by atoms with Gasteiger partial charge in [0, 0.05) is 30.9 Å². The third-order valence-corrected chi connectivity index (χ3v) is 2.75. The van der Waals surface area contributed by atoms with Crippen molar-refractivity contribution in [3.63, 3.8) is 0 Å². The number of nitrogens with one attached hydrogen (secondary N) is 2. The highest BCUT2D eigenvalue weighted by molar-refractivity contribution is 7.80. The first kappa shape index (κ1) is 15.4. The van der Waals surface area contributed by atoms with Gasteiger partial charge in [-0.05, 0) is 36.5 Å². The molecule has 4 nitrogen and oxygen atoms in total. The third-order valence-electron chi connectivity index (χ3n) is 2.55. The molecule has 0 heterocycles. The van der Waals surface area contributed by atoms with Crippen molar-refractivity contribution < 1.29 is 4.79 Å². The van der Waals surface area contributed by atoms with Gasteiger partial charge in [-0.25, -0.2) is 0 Å². The normalized spacial score (nSPS) is 10.8. The summed E-state index contributed by atoms with van der Waals surface area (Å²) in [6.07, 6.45) is 0. The van der Waals surface area contributed by atoms with Gasteiger partial charge in [0.1, 0.15) is 0 Å². The van der Waals surface area contributed by atoms with E-state index in [4.69, 9.17) is 12.2 Å². The number of thiocarbonyl (C=S) groups is 1. The molecular formula is C14H21N3OS. The van der Waals surface area contributed by atoms with Gasteiger partial charge in [0.25, 0.3) is 0 Å². The number of nitrogens with zero attached hydrogens (tertiary/aromatic N) is 1. The van der Waals surface area contributed by atoms with Crippen LogP contribution >= 0.6 is 12.2 Å². The van der Waals surface area contributed by atoms with Gasteiger partial charge >= 0.3 is 0 Å². The van der Waals surface area contributed by atoms with Crippen LogP contribution in [0.2, 0.25) is 0 Å². The standard InChI is InChI=1S/C14H21N3OS/c1-14(2,3)12(18)16-13(19)15-10-6-8-11(9-7-10)17(4)5/h6-9H,1-5H3,(H2,15,16,18,19). The van der Waals surface area contributed by atoms with Crippen molar-refractivity contribution in [1.29, 1.82) is 0 Å². The quantitative estimate of drug-likeness (QED) is 0.817. The Morgan fingerprint density at radius 2 is 1.68 bits per heavy atom. The van der Waals surface area contributed by atoms with Crippen molar-refractivity contribution in [1.82, 2.24) is 5.32 Å². The number of carbonyl (C=O) groups is 1. The van der Waals surface area contributed by atoms with E-state index in [1.165, 1.54) is 0 Å². The molecule has 0 unspecified atom stereocenters. The van der Waals surface area contributed by atoms with Gasteiger partial charge < -0.3 is 15.5 Å². The molecule has 1 aromatic carbocycles. The van der Waals surface area contributed by atoms with E-state index in [0.29, 0.717) is 5.11 Å². The number of amides is 1. The Morgan fingerprint density at radius 1 is 1.16 bits per heavy atom. The lowest BCUT2D eigenvalue weighted by Crippen LogP contribution is -2.41. The first-order chi connectivity index (χ1) is 8.70. The van der Waals surface area contributed by atoms with Crippen LogP contribution < -0.4 is 15.5 Å². The SMILES string of the molecule is CN(C)c1ccc(NC(=S)NC(=O)C(C)(C)C)cc1. The van der Waals surface area contributed by atoms with Crippen molar-refractivity contribution in [3.05, 3.63) is 24.3 Å². The highest BCUT2D eigenvalue weighted by Gasteiger charge is 2.21. The zero-order valence-corrected chi connectivity index (χ0v) is 12.9. The average molecular weight is 279 g/mol. The molecule has 1 aromatic rings. The maximum Gasteiger partial charge on any atom is 0.231 e. The van der Waals surface area contributed by atoms with E-state index in [-0.39, 0.29) is 5.91 Å². The molecule has 0 aliphatic rings. The lowest BCUT2D eigenvalue weighted by atomic mass is 9.96. The fourth-order valence-corrected chi connectivity index (χ4v) is 1.51. The lowest BCUT2D eigenvalue weighted by molar-refractivity contribution is -0.126. The fourth-order valence-electron chi connectivity index (χ4n) is 1.30. The zero-order chi connectivity index (χ0) is 14.6. The second kappa shape index (κ2) is 6.02. The highest BCUT2D eigenvalue weighted by atomic mass is 32.1. The van der Waals surface area contributed by atoms with Crippen LogP contribution in [0.3, 0.4) is 0 Å². The Kier molecular flexibility index (Phi) is 4.89. The number of benzene rings is 1. The molecule has 0 spiro atoms. The smallest absolute Gasteiger partial charge is 0.231 e. The predicted octanol–water partition coefficient (Wildman–Crippen LogP) is 2.61. The van der Waals surface area contributed by atoms with E-state index < -0.39 is 5.41 Å². The van der Waals surface area contributed by atoms with E-state index in [1.807, 2.05) is 64.0 Å². The number of rotatable bonds is 2. The molecule has 0 saturated heterocycles. The van der Waals surface area contributed by atoms with Crippen molar-refractivity contribution in [2.75, 3.05) is 24.3 Å². The molecular weight excluding hydrogens is 258 g/mol. The van der Waals surface area contributed by atoms with Crippen molar-refractivity contribution in [2.24, 2.45) is 5.41 Å². The number of hydrogen-bond donors (Lipinski definition) is 2. The summed E-state index contributed by atoms with van der Waals surface area (Å²) in [4.78, 5) is 13.8. The van der Waals surface area contributed by atoms with E-state index in [1.54, 1.807) is 0 Å². The van der Waals surface area contributed by atoms with Gasteiger partial charge in [-0.1, -0.05) is 20.8 Å². The first-order valence-corrected chi connectivity index (χ1v) is 6.51. The van der Waals surface area contributed by atoms with Crippen molar-refractivity contribution in [3.8, 4) is 0 Å². The molecule has 0 aromatic heterocycles. The molecule has 1 amide bonds. The summed E-state index contributed by atoms with van der Waals surface area (Å²) in [5.41, 5.74) is 1.50. The lowest BCUT2D eigenvalue weighted by Gasteiger charge is -2.19. The fraction of sp³-hybridized carbons (Fsp3) is 0.429. The van der Waals surface area contributed by atoms with Gasteiger partial charge in [0.15, 0.2) is 5.11 Å². The minimum atomic E-state index is -0.458. The summed E-state index contributed by atoms with van der Waals surface area (Å²) in [6, 6.07) is 7.81. The van der Waals surface area contributed by atoms with Crippen LogP contribution in [0.15, 0.2) is 24.3 Å². The highest BCUT2D eigenvalue weighted by Crippen LogP contribution is 2.16. The molecule has 2 N–H and O–H groups in total. The molecule has 1 rings (SSSR count). The van der Waals surface area contributed by atoms with E-state index >= 15 is 0 Å². The average Bonchev–Trinajstić information content (AvgIpc) is 2.28. The van der Waals surface area contributed by atoms with Gasteiger partial charge in [0.2, 0.25) is 5.91 Å². The van der Waals surface area contributed by atoms with Gasteiger partial charge in [-0.15, -0.1) is 0 Å². The monoisotopic (exact) mass is 279 g/mol. The molecule has 0 saturated carbocycles. The molecule has 0 fully saturated rings. The molecule has 104 valence electrons. The Balaban J connectivity index is 2.60. The Bertz CT molecular complexity index is 461. The number of carbonyl (C=O) groups excluding carboxylic acids is 1. The first-order valence-electron chi connectivity index (χ1n) is 6.10. The second-order valence-electron chi connectivity index (χ2n) is 5.60. The summed E-state index contributed by atoms with van der Waals surface area (Å²) in [5.74, 6) is -0.102. The Labute approximate surface area is 120 Å². The molecule has 5 heteroatoms. The molecule has 0 aliphatic heterocycles. The zero-order valence-electron chi connectivity index (χ0n) is 12.1. The van der Waals surface area contributed by atoms with Crippen LogP contribution in [-0.2, 0) is 4.79 Å². The number of anilines is 2. The van der Waals surface area contributed by atoms with Gasteiger partial charge in [-0.3, -0.25) is 4.79 Å².